The Morgan fingerprint density at radius 2 is 2.39 bits per heavy atom. The van der Waals surface area contributed by atoms with Crippen molar-refractivity contribution in [3.8, 4) is 0 Å². The lowest BCUT2D eigenvalue weighted by Gasteiger charge is -2.23. The number of carbonyl (C=O) groups excluding carboxylic acids is 1. The van der Waals surface area contributed by atoms with Crippen LogP contribution < -0.4 is 10.6 Å². The molecular weight excluding hydrogens is 232 g/mol. The highest BCUT2D eigenvalue weighted by molar-refractivity contribution is 5.94. The average molecular weight is 250 g/mol. The molecule has 1 aliphatic heterocycles. The Balaban J connectivity index is 1.68. The van der Waals surface area contributed by atoms with Gasteiger partial charge in [-0.2, -0.15) is 0 Å². The third-order valence-corrected chi connectivity index (χ3v) is 3.99. The van der Waals surface area contributed by atoms with Gasteiger partial charge in [0.1, 0.15) is 0 Å². The van der Waals surface area contributed by atoms with Crippen molar-refractivity contribution < 1.29 is 9.21 Å². The van der Waals surface area contributed by atoms with Crippen LogP contribution >= 0.6 is 0 Å². The number of nitrogens with one attached hydrogen (secondary N) is 2. The number of carbonyl (C=O) groups is 1. The number of aromatic nitrogens is 2. The summed E-state index contributed by atoms with van der Waals surface area (Å²) in [7, 11) is 0. The van der Waals surface area contributed by atoms with Crippen molar-refractivity contribution in [2.75, 3.05) is 18.4 Å². The Morgan fingerprint density at radius 3 is 3.00 bits per heavy atom. The standard InChI is InChI=1S/C12H18N4O2/c1-2-12(5-6-13-7-12)10(17)14-11-16-15-9(18-11)8-3-4-8/h8,13H,2-7H2,1H3,(H,14,16,17). The van der Waals surface area contributed by atoms with Crippen molar-refractivity contribution in [2.24, 2.45) is 5.41 Å². The molecule has 0 aromatic carbocycles. The van der Waals surface area contributed by atoms with E-state index in [0.717, 1.165) is 38.8 Å². The predicted molar refractivity (Wildman–Crippen MR) is 65.1 cm³/mol. The van der Waals surface area contributed by atoms with E-state index in [1.165, 1.54) is 0 Å². The normalized spacial score (nSPS) is 27.4. The van der Waals surface area contributed by atoms with Gasteiger partial charge >= 0.3 is 6.01 Å². The van der Waals surface area contributed by atoms with E-state index in [0.29, 0.717) is 11.8 Å². The van der Waals surface area contributed by atoms with Gasteiger partial charge in [0.25, 0.3) is 0 Å². The first-order chi connectivity index (χ1) is 8.73. The summed E-state index contributed by atoms with van der Waals surface area (Å²) < 4.78 is 5.45. The maximum absolute atomic E-state index is 12.3. The number of anilines is 1. The van der Waals surface area contributed by atoms with Gasteiger partial charge in [-0.3, -0.25) is 10.1 Å². The van der Waals surface area contributed by atoms with Gasteiger partial charge in [-0.25, -0.2) is 0 Å². The van der Waals surface area contributed by atoms with E-state index >= 15 is 0 Å². The molecule has 1 amide bonds. The molecule has 0 radical (unpaired) electrons. The van der Waals surface area contributed by atoms with E-state index in [1.807, 2.05) is 6.92 Å². The van der Waals surface area contributed by atoms with E-state index in [1.54, 1.807) is 0 Å². The highest BCUT2D eigenvalue weighted by atomic mass is 16.4. The van der Waals surface area contributed by atoms with Gasteiger partial charge in [0.15, 0.2) is 0 Å². The van der Waals surface area contributed by atoms with E-state index in [-0.39, 0.29) is 17.3 Å². The lowest BCUT2D eigenvalue weighted by molar-refractivity contribution is -0.125. The molecule has 18 heavy (non-hydrogen) atoms. The van der Waals surface area contributed by atoms with Crippen LogP contribution in [0.5, 0.6) is 0 Å². The number of hydrogen-bond acceptors (Lipinski definition) is 5. The molecule has 1 unspecified atom stereocenters. The first kappa shape index (κ1) is 11.6. The third-order valence-electron chi connectivity index (χ3n) is 3.99. The van der Waals surface area contributed by atoms with Crippen molar-refractivity contribution in [2.45, 2.75) is 38.5 Å². The molecule has 6 heteroatoms. The second-order valence-corrected chi connectivity index (χ2v) is 5.23. The molecule has 2 heterocycles. The fraction of sp³-hybridized carbons (Fsp3) is 0.750. The second-order valence-electron chi connectivity index (χ2n) is 5.23. The molecule has 1 aromatic rings. The molecule has 2 aliphatic rings. The average Bonchev–Trinajstić information content (AvgIpc) is 2.93. The minimum atomic E-state index is -0.325. The lowest BCUT2D eigenvalue weighted by atomic mass is 9.83. The van der Waals surface area contributed by atoms with Crippen LogP contribution in [-0.2, 0) is 4.79 Å². The van der Waals surface area contributed by atoms with Gasteiger partial charge in [0.05, 0.1) is 5.41 Å². The predicted octanol–water partition coefficient (Wildman–Crippen LogP) is 1.28. The maximum atomic E-state index is 12.3. The van der Waals surface area contributed by atoms with Crippen LogP contribution in [-0.4, -0.2) is 29.2 Å². The second kappa shape index (κ2) is 4.35. The fourth-order valence-electron chi connectivity index (χ4n) is 2.41. The molecule has 2 fully saturated rings. The summed E-state index contributed by atoms with van der Waals surface area (Å²) >= 11 is 0. The Bertz CT molecular complexity index is 447. The van der Waals surface area contributed by atoms with Gasteiger partial charge < -0.3 is 9.73 Å². The summed E-state index contributed by atoms with van der Waals surface area (Å²) in [6.07, 6.45) is 3.89. The van der Waals surface area contributed by atoms with Gasteiger partial charge in [-0.1, -0.05) is 12.0 Å². The molecule has 1 aliphatic carbocycles. The van der Waals surface area contributed by atoms with Gasteiger partial charge in [0.2, 0.25) is 11.8 Å². The smallest absolute Gasteiger partial charge is 0.322 e. The maximum Gasteiger partial charge on any atom is 0.322 e. The van der Waals surface area contributed by atoms with Crippen molar-refractivity contribution in [3.63, 3.8) is 0 Å². The van der Waals surface area contributed by atoms with Crippen LogP contribution in [0.1, 0.15) is 44.4 Å². The Labute approximate surface area is 106 Å². The van der Waals surface area contributed by atoms with Crippen molar-refractivity contribution in [1.29, 1.82) is 0 Å². The molecule has 1 atom stereocenters. The molecule has 1 saturated carbocycles. The molecular formula is C12H18N4O2. The molecule has 0 spiro atoms. The highest BCUT2D eigenvalue weighted by Gasteiger charge is 2.40. The van der Waals surface area contributed by atoms with Crippen LogP contribution in [0.2, 0.25) is 0 Å². The van der Waals surface area contributed by atoms with Crippen LogP contribution in [0.25, 0.3) is 0 Å². The van der Waals surface area contributed by atoms with Crippen LogP contribution in [0, 0.1) is 5.41 Å². The summed E-state index contributed by atoms with van der Waals surface area (Å²) in [6, 6.07) is 0.238. The number of rotatable bonds is 4. The van der Waals surface area contributed by atoms with E-state index in [9.17, 15) is 4.79 Å². The topological polar surface area (TPSA) is 80.1 Å². The zero-order valence-corrected chi connectivity index (χ0v) is 10.5. The van der Waals surface area contributed by atoms with Crippen LogP contribution in [0.3, 0.4) is 0 Å². The minimum absolute atomic E-state index is 0.0130. The molecule has 2 N–H and O–H groups in total. The number of hydrogen-bond donors (Lipinski definition) is 2. The molecule has 3 rings (SSSR count). The van der Waals surface area contributed by atoms with Crippen molar-refractivity contribution in [1.82, 2.24) is 15.5 Å². The van der Waals surface area contributed by atoms with Gasteiger partial charge in [-0.15, -0.1) is 5.10 Å². The quantitative estimate of drug-likeness (QED) is 0.841. The molecule has 6 nitrogen and oxygen atoms in total. The SMILES string of the molecule is CCC1(C(=O)Nc2nnc(C3CC3)o2)CCNC1. The van der Waals surface area contributed by atoms with Crippen LogP contribution in [0.15, 0.2) is 4.42 Å². The monoisotopic (exact) mass is 250 g/mol. The lowest BCUT2D eigenvalue weighted by Crippen LogP contribution is -2.37. The zero-order chi connectivity index (χ0) is 12.6. The van der Waals surface area contributed by atoms with Gasteiger partial charge in [-0.05, 0) is 32.2 Å². The minimum Gasteiger partial charge on any atom is -0.408 e. The Kier molecular flexibility index (Phi) is 2.81. The van der Waals surface area contributed by atoms with Crippen molar-refractivity contribution >= 4 is 11.9 Å². The molecule has 0 bridgehead atoms. The molecule has 98 valence electrons. The highest BCUT2D eigenvalue weighted by Crippen LogP contribution is 2.39. The summed E-state index contributed by atoms with van der Waals surface area (Å²) in [6.45, 7) is 3.65. The summed E-state index contributed by atoms with van der Waals surface area (Å²) in [4.78, 5) is 12.3. The Morgan fingerprint density at radius 1 is 1.56 bits per heavy atom. The van der Waals surface area contributed by atoms with Gasteiger partial charge in [0, 0.05) is 12.5 Å². The first-order valence-electron chi connectivity index (χ1n) is 6.59. The number of amides is 1. The van der Waals surface area contributed by atoms with Crippen molar-refractivity contribution in [3.05, 3.63) is 5.89 Å². The number of nitrogens with zero attached hydrogens (tertiary/aromatic N) is 2. The summed E-state index contributed by atoms with van der Waals surface area (Å²) in [5.41, 5.74) is -0.325. The van der Waals surface area contributed by atoms with E-state index < -0.39 is 0 Å². The Hall–Kier alpha value is -1.43. The summed E-state index contributed by atoms with van der Waals surface area (Å²) in [5, 5.41) is 13.8. The van der Waals surface area contributed by atoms with E-state index in [2.05, 4.69) is 20.8 Å². The van der Waals surface area contributed by atoms with E-state index in [4.69, 9.17) is 4.42 Å². The third kappa shape index (κ3) is 2.01. The largest absolute Gasteiger partial charge is 0.408 e. The molecule has 1 aromatic heterocycles. The fourth-order valence-corrected chi connectivity index (χ4v) is 2.41. The summed E-state index contributed by atoms with van der Waals surface area (Å²) in [5.74, 6) is 1.05. The molecule has 1 saturated heterocycles. The first-order valence-corrected chi connectivity index (χ1v) is 6.59. The zero-order valence-electron chi connectivity index (χ0n) is 10.5. The van der Waals surface area contributed by atoms with Crippen LogP contribution in [0.4, 0.5) is 6.01 Å².